The molecule has 0 radical (unpaired) electrons. The van der Waals surface area contributed by atoms with Crippen molar-refractivity contribution in [3.05, 3.63) is 71.8 Å². The van der Waals surface area contributed by atoms with Crippen molar-refractivity contribution in [3.63, 3.8) is 0 Å². The van der Waals surface area contributed by atoms with Gasteiger partial charge in [0.05, 0.1) is 0 Å². The Labute approximate surface area is 130 Å². The van der Waals surface area contributed by atoms with E-state index in [1.165, 1.54) is 0 Å². The molecule has 1 unspecified atom stereocenters. The van der Waals surface area contributed by atoms with Crippen LogP contribution < -0.4 is 0 Å². The first-order valence-electron chi connectivity index (χ1n) is 7.69. The molecule has 0 bridgehead atoms. The summed E-state index contributed by atoms with van der Waals surface area (Å²) in [4.78, 5) is 26.9. The van der Waals surface area contributed by atoms with Crippen LogP contribution in [-0.4, -0.2) is 29.7 Å². The Bertz CT molecular complexity index is 594. The van der Waals surface area contributed by atoms with Crippen molar-refractivity contribution in [2.24, 2.45) is 5.92 Å². The molecule has 2 aromatic carbocycles. The van der Waals surface area contributed by atoms with Gasteiger partial charge in [0.2, 0.25) is 0 Å². The van der Waals surface area contributed by atoms with Gasteiger partial charge in [-0.3, -0.25) is 9.59 Å². The topological polar surface area (TPSA) is 37.4 Å². The van der Waals surface area contributed by atoms with Gasteiger partial charge < -0.3 is 4.90 Å². The van der Waals surface area contributed by atoms with Crippen LogP contribution in [-0.2, 0) is 0 Å². The van der Waals surface area contributed by atoms with Crippen LogP contribution >= 0.6 is 0 Å². The molecule has 1 saturated heterocycles. The number of Topliss-reactive ketones (excluding diaryl/α,β-unsaturated/α-hetero) is 1. The van der Waals surface area contributed by atoms with Crippen molar-refractivity contribution in [3.8, 4) is 0 Å². The molecular weight excluding hydrogens is 274 g/mol. The van der Waals surface area contributed by atoms with Gasteiger partial charge in [-0.25, -0.2) is 0 Å². The molecule has 1 heterocycles. The zero-order valence-electron chi connectivity index (χ0n) is 12.4. The van der Waals surface area contributed by atoms with E-state index >= 15 is 0 Å². The van der Waals surface area contributed by atoms with E-state index in [4.69, 9.17) is 0 Å². The smallest absolute Gasteiger partial charge is 0.253 e. The molecule has 0 aliphatic carbocycles. The zero-order valence-corrected chi connectivity index (χ0v) is 12.4. The summed E-state index contributed by atoms with van der Waals surface area (Å²) in [5.41, 5.74) is 1.43. The SMILES string of the molecule is O=C(c1ccccc1)C1CCCN(C(=O)c2ccccc2)C1. The van der Waals surface area contributed by atoms with E-state index in [2.05, 4.69) is 0 Å². The fraction of sp³-hybridized carbons (Fsp3) is 0.263. The Balaban J connectivity index is 1.72. The monoisotopic (exact) mass is 293 g/mol. The molecule has 2 aromatic rings. The first-order valence-corrected chi connectivity index (χ1v) is 7.69. The first kappa shape index (κ1) is 14.5. The number of hydrogen-bond acceptors (Lipinski definition) is 2. The zero-order chi connectivity index (χ0) is 15.4. The maximum absolute atomic E-state index is 12.6. The Hall–Kier alpha value is -2.42. The molecule has 0 aromatic heterocycles. The van der Waals surface area contributed by atoms with Gasteiger partial charge in [0, 0.05) is 30.1 Å². The highest BCUT2D eigenvalue weighted by molar-refractivity contribution is 5.99. The third-order valence-corrected chi connectivity index (χ3v) is 4.16. The second-order valence-electron chi connectivity index (χ2n) is 5.69. The first-order chi connectivity index (χ1) is 10.8. The predicted octanol–water partition coefficient (Wildman–Crippen LogP) is 3.42. The third-order valence-electron chi connectivity index (χ3n) is 4.16. The number of likely N-dealkylation sites (tertiary alicyclic amines) is 1. The average Bonchev–Trinajstić information content (AvgIpc) is 2.62. The Kier molecular flexibility index (Phi) is 4.33. The number of piperidine rings is 1. The number of amides is 1. The van der Waals surface area contributed by atoms with Crippen LogP contribution in [0, 0.1) is 5.92 Å². The number of nitrogens with zero attached hydrogens (tertiary/aromatic N) is 1. The Morgan fingerprint density at radius 2 is 1.45 bits per heavy atom. The van der Waals surface area contributed by atoms with Crippen molar-refractivity contribution >= 4 is 11.7 Å². The van der Waals surface area contributed by atoms with Gasteiger partial charge in [0.15, 0.2) is 5.78 Å². The van der Waals surface area contributed by atoms with E-state index < -0.39 is 0 Å². The minimum atomic E-state index is -0.0937. The van der Waals surface area contributed by atoms with Crippen molar-refractivity contribution in [1.29, 1.82) is 0 Å². The molecule has 1 atom stereocenters. The molecule has 112 valence electrons. The largest absolute Gasteiger partial charge is 0.338 e. The van der Waals surface area contributed by atoms with Crippen molar-refractivity contribution in [2.45, 2.75) is 12.8 Å². The van der Waals surface area contributed by atoms with E-state index in [0.29, 0.717) is 12.1 Å². The highest BCUT2D eigenvalue weighted by Crippen LogP contribution is 2.22. The lowest BCUT2D eigenvalue weighted by molar-refractivity contribution is 0.0637. The van der Waals surface area contributed by atoms with Crippen LogP contribution in [0.3, 0.4) is 0 Å². The molecule has 0 spiro atoms. The highest BCUT2D eigenvalue weighted by atomic mass is 16.2. The molecule has 3 nitrogen and oxygen atoms in total. The molecule has 1 fully saturated rings. The lowest BCUT2D eigenvalue weighted by Gasteiger charge is -2.32. The van der Waals surface area contributed by atoms with Gasteiger partial charge in [-0.1, -0.05) is 48.5 Å². The van der Waals surface area contributed by atoms with Crippen LogP contribution in [0.15, 0.2) is 60.7 Å². The number of benzene rings is 2. The van der Waals surface area contributed by atoms with Gasteiger partial charge in [-0.2, -0.15) is 0 Å². The molecule has 3 heteroatoms. The normalized spacial score (nSPS) is 18.0. The van der Waals surface area contributed by atoms with Gasteiger partial charge in [0.1, 0.15) is 0 Å². The van der Waals surface area contributed by atoms with Gasteiger partial charge in [-0.15, -0.1) is 0 Å². The van der Waals surface area contributed by atoms with Crippen molar-refractivity contribution < 1.29 is 9.59 Å². The van der Waals surface area contributed by atoms with Gasteiger partial charge in [-0.05, 0) is 25.0 Å². The molecule has 3 rings (SSSR count). The molecule has 1 aliphatic heterocycles. The molecule has 0 N–H and O–H groups in total. The lowest BCUT2D eigenvalue weighted by Crippen LogP contribution is -2.42. The average molecular weight is 293 g/mol. The van der Waals surface area contributed by atoms with E-state index in [-0.39, 0.29) is 17.6 Å². The summed E-state index contributed by atoms with van der Waals surface area (Å²) in [5, 5.41) is 0. The van der Waals surface area contributed by atoms with Crippen molar-refractivity contribution in [1.82, 2.24) is 4.90 Å². The van der Waals surface area contributed by atoms with E-state index in [1.807, 2.05) is 65.6 Å². The van der Waals surface area contributed by atoms with E-state index in [9.17, 15) is 9.59 Å². The number of rotatable bonds is 3. The molecule has 1 aliphatic rings. The predicted molar refractivity (Wildman–Crippen MR) is 85.8 cm³/mol. The molecule has 0 saturated carbocycles. The van der Waals surface area contributed by atoms with E-state index in [0.717, 1.165) is 24.9 Å². The summed E-state index contributed by atoms with van der Waals surface area (Å²) in [6.45, 7) is 1.24. The van der Waals surface area contributed by atoms with Crippen molar-refractivity contribution in [2.75, 3.05) is 13.1 Å². The summed E-state index contributed by atoms with van der Waals surface area (Å²) in [7, 11) is 0. The van der Waals surface area contributed by atoms with E-state index in [1.54, 1.807) is 0 Å². The van der Waals surface area contributed by atoms with Crippen LogP contribution in [0.1, 0.15) is 33.6 Å². The standard InChI is InChI=1S/C19H19NO2/c21-18(15-8-3-1-4-9-15)17-12-7-13-20(14-17)19(22)16-10-5-2-6-11-16/h1-6,8-11,17H,7,12-14H2. The van der Waals surface area contributed by atoms with Crippen LogP contribution in [0.5, 0.6) is 0 Å². The molecular formula is C19H19NO2. The molecule has 22 heavy (non-hydrogen) atoms. The minimum Gasteiger partial charge on any atom is -0.338 e. The Morgan fingerprint density at radius 3 is 2.09 bits per heavy atom. The maximum atomic E-state index is 12.6. The fourth-order valence-electron chi connectivity index (χ4n) is 2.98. The van der Waals surface area contributed by atoms with Gasteiger partial charge in [0.25, 0.3) is 5.91 Å². The van der Waals surface area contributed by atoms with Gasteiger partial charge >= 0.3 is 0 Å². The lowest BCUT2D eigenvalue weighted by atomic mass is 9.89. The third kappa shape index (κ3) is 3.08. The quantitative estimate of drug-likeness (QED) is 0.813. The van der Waals surface area contributed by atoms with Crippen LogP contribution in [0.2, 0.25) is 0 Å². The second kappa shape index (κ2) is 6.56. The second-order valence-corrected chi connectivity index (χ2v) is 5.69. The Morgan fingerprint density at radius 1 is 0.864 bits per heavy atom. The number of carbonyl (C=O) groups is 2. The summed E-state index contributed by atoms with van der Waals surface area (Å²) in [6.07, 6.45) is 1.73. The van der Waals surface area contributed by atoms with Crippen LogP contribution in [0.4, 0.5) is 0 Å². The summed E-state index contributed by atoms with van der Waals surface area (Å²) in [6, 6.07) is 18.6. The fourth-order valence-corrected chi connectivity index (χ4v) is 2.98. The summed E-state index contributed by atoms with van der Waals surface area (Å²) < 4.78 is 0. The highest BCUT2D eigenvalue weighted by Gasteiger charge is 2.29. The maximum Gasteiger partial charge on any atom is 0.253 e. The summed E-state index contributed by atoms with van der Waals surface area (Å²) >= 11 is 0. The number of hydrogen-bond donors (Lipinski definition) is 0. The van der Waals surface area contributed by atoms with Crippen LogP contribution in [0.25, 0.3) is 0 Å². The summed E-state index contributed by atoms with van der Waals surface area (Å²) in [5.74, 6) is 0.0705. The number of ketones is 1. The molecule has 1 amide bonds. The minimum absolute atomic E-state index is 0.0196. The number of carbonyl (C=O) groups excluding carboxylic acids is 2.